The molecule has 0 atom stereocenters. The van der Waals surface area contributed by atoms with E-state index < -0.39 is 8.07 Å². The number of carbonyl (C=O) groups excluding carboxylic acids is 1. The van der Waals surface area contributed by atoms with Crippen molar-refractivity contribution in [1.29, 1.82) is 0 Å². The summed E-state index contributed by atoms with van der Waals surface area (Å²) in [5.41, 5.74) is 0.866. The van der Waals surface area contributed by atoms with E-state index in [1.54, 1.807) is 0 Å². The van der Waals surface area contributed by atoms with Gasteiger partial charge >= 0.3 is 0 Å². The van der Waals surface area contributed by atoms with Crippen LogP contribution in [0, 0.1) is 5.92 Å². The molecular formula is C13H20OSi. The highest BCUT2D eigenvalue weighted by Gasteiger charge is 2.18. The Balaban J connectivity index is 3.09. The maximum Gasteiger partial charge on any atom is 0.165 e. The van der Waals surface area contributed by atoms with E-state index in [2.05, 4.69) is 31.8 Å². The third-order valence-electron chi connectivity index (χ3n) is 2.54. The summed E-state index contributed by atoms with van der Waals surface area (Å²) < 4.78 is 0. The van der Waals surface area contributed by atoms with Crippen LogP contribution < -0.4 is 5.19 Å². The fraction of sp³-hybridized carbons (Fsp3) is 0.462. The lowest BCUT2D eigenvalue weighted by Crippen LogP contribution is -2.37. The van der Waals surface area contributed by atoms with Crippen LogP contribution in [-0.2, 0) is 0 Å². The normalized spacial score (nSPS) is 11.9. The lowest BCUT2D eigenvalue weighted by Gasteiger charge is -2.17. The number of rotatable bonds is 3. The molecule has 0 aliphatic rings. The molecule has 1 nitrogen and oxygen atoms in total. The minimum absolute atomic E-state index is 0.0851. The third-order valence-corrected chi connectivity index (χ3v) is 4.58. The van der Waals surface area contributed by atoms with Gasteiger partial charge in [-0.1, -0.05) is 62.9 Å². The van der Waals surface area contributed by atoms with E-state index in [4.69, 9.17) is 0 Å². The van der Waals surface area contributed by atoms with Crippen molar-refractivity contribution in [3.63, 3.8) is 0 Å². The highest BCUT2D eigenvalue weighted by molar-refractivity contribution is 6.88. The standard InChI is InChI=1S/C13H20OSi/c1-10(2)13(14)11-7-6-8-12(9-11)15(3,4)5/h6-10H,1-5H3. The molecule has 82 valence electrons. The maximum atomic E-state index is 11.8. The summed E-state index contributed by atoms with van der Waals surface area (Å²) in [6.45, 7) is 10.8. The zero-order valence-electron chi connectivity index (χ0n) is 10.3. The molecule has 1 aromatic carbocycles. The molecule has 0 bridgehead atoms. The number of hydrogen-bond acceptors (Lipinski definition) is 1. The van der Waals surface area contributed by atoms with Crippen molar-refractivity contribution < 1.29 is 4.79 Å². The quantitative estimate of drug-likeness (QED) is 0.565. The number of hydrogen-bond donors (Lipinski definition) is 0. The molecule has 0 saturated carbocycles. The minimum Gasteiger partial charge on any atom is -0.294 e. The van der Waals surface area contributed by atoms with Gasteiger partial charge in [0, 0.05) is 11.5 Å². The summed E-state index contributed by atoms with van der Waals surface area (Å²) >= 11 is 0. The van der Waals surface area contributed by atoms with Gasteiger partial charge in [-0.15, -0.1) is 0 Å². The predicted molar refractivity (Wildman–Crippen MR) is 68.6 cm³/mol. The van der Waals surface area contributed by atoms with Crippen LogP contribution in [-0.4, -0.2) is 13.9 Å². The second-order valence-electron chi connectivity index (χ2n) is 5.35. The second kappa shape index (κ2) is 4.31. The summed E-state index contributed by atoms with van der Waals surface area (Å²) in [5.74, 6) is 0.331. The first-order chi connectivity index (χ1) is 6.82. The Morgan fingerprint density at radius 2 is 1.80 bits per heavy atom. The lowest BCUT2D eigenvalue weighted by atomic mass is 10.0. The highest BCUT2D eigenvalue weighted by Crippen LogP contribution is 2.09. The Morgan fingerprint density at radius 3 is 2.27 bits per heavy atom. The average Bonchev–Trinajstić information content (AvgIpc) is 2.15. The third kappa shape index (κ3) is 3.03. The minimum atomic E-state index is -1.30. The fourth-order valence-corrected chi connectivity index (χ4v) is 2.66. The molecular weight excluding hydrogens is 200 g/mol. The first kappa shape index (κ1) is 12.2. The van der Waals surface area contributed by atoms with Crippen LogP contribution in [0.3, 0.4) is 0 Å². The van der Waals surface area contributed by atoms with Gasteiger partial charge in [0.25, 0.3) is 0 Å². The van der Waals surface area contributed by atoms with Gasteiger partial charge < -0.3 is 0 Å². The predicted octanol–water partition coefficient (Wildman–Crippen LogP) is 3.07. The molecule has 2 heteroatoms. The van der Waals surface area contributed by atoms with Crippen LogP contribution in [0.1, 0.15) is 24.2 Å². The molecule has 0 aliphatic carbocycles. The van der Waals surface area contributed by atoms with Gasteiger partial charge in [-0.05, 0) is 0 Å². The van der Waals surface area contributed by atoms with Gasteiger partial charge in [-0.2, -0.15) is 0 Å². The molecule has 15 heavy (non-hydrogen) atoms. The monoisotopic (exact) mass is 220 g/mol. The lowest BCUT2D eigenvalue weighted by molar-refractivity contribution is 0.0939. The van der Waals surface area contributed by atoms with Gasteiger partial charge in [0.05, 0.1) is 8.07 Å². The van der Waals surface area contributed by atoms with Crippen molar-refractivity contribution >= 4 is 19.0 Å². The van der Waals surface area contributed by atoms with Crippen LogP contribution in [0.4, 0.5) is 0 Å². The Morgan fingerprint density at radius 1 is 1.20 bits per heavy atom. The summed E-state index contributed by atoms with van der Waals surface area (Å²) in [5, 5.41) is 1.36. The molecule has 0 radical (unpaired) electrons. The molecule has 1 aromatic rings. The van der Waals surface area contributed by atoms with E-state index in [1.807, 2.05) is 26.0 Å². The molecule has 0 heterocycles. The van der Waals surface area contributed by atoms with E-state index >= 15 is 0 Å². The zero-order chi connectivity index (χ0) is 11.6. The maximum absolute atomic E-state index is 11.8. The van der Waals surface area contributed by atoms with E-state index in [0.717, 1.165) is 5.56 Å². The second-order valence-corrected chi connectivity index (χ2v) is 10.4. The molecule has 0 aliphatic heterocycles. The number of Topliss-reactive ketones (excluding diaryl/α,β-unsaturated/α-hetero) is 1. The topological polar surface area (TPSA) is 17.1 Å². The Kier molecular flexibility index (Phi) is 3.50. The first-order valence-electron chi connectivity index (χ1n) is 5.47. The van der Waals surface area contributed by atoms with Crippen LogP contribution in [0.15, 0.2) is 24.3 Å². The van der Waals surface area contributed by atoms with Crippen molar-refractivity contribution in [2.75, 3.05) is 0 Å². The largest absolute Gasteiger partial charge is 0.294 e. The van der Waals surface area contributed by atoms with Crippen LogP contribution in [0.25, 0.3) is 0 Å². The fourth-order valence-electron chi connectivity index (χ4n) is 1.47. The van der Waals surface area contributed by atoms with Crippen LogP contribution in [0.5, 0.6) is 0 Å². The molecule has 0 N–H and O–H groups in total. The van der Waals surface area contributed by atoms with Gasteiger partial charge in [0.1, 0.15) is 0 Å². The average molecular weight is 220 g/mol. The summed E-state index contributed by atoms with van der Waals surface area (Å²) in [7, 11) is -1.30. The molecule has 0 unspecified atom stereocenters. The first-order valence-corrected chi connectivity index (χ1v) is 8.97. The Labute approximate surface area is 93.5 Å². The van der Waals surface area contributed by atoms with Gasteiger partial charge in [-0.25, -0.2) is 0 Å². The molecule has 0 saturated heterocycles. The number of carbonyl (C=O) groups is 1. The van der Waals surface area contributed by atoms with Gasteiger partial charge in [0.2, 0.25) is 0 Å². The van der Waals surface area contributed by atoms with Crippen molar-refractivity contribution in [2.45, 2.75) is 33.5 Å². The van der Waals surface area contributed by atoms with Crippen molar-refractivity contribution in [3.05, 3.63) is 29.8 Å². The number of ketones is 1. The molecule has 0 aromatic heterocycles. The number of benzene rings is 1. The summed E-state index contributed by atoms with van der Waals surface area (Å²) in [4.78, 5) is 11.8. The Bertz CT molecular complexity index is 361. The molecule has 0 amide bonds. The van der Waals surface area contributed by atoms with E-state index in [0.29, 0.717) is 0 Å². The smallest absolute Gasteiger partial charge is 0.165 e. The van der Waals surface area contributed by atoms with Crippen LogP contribution in [0.2, 0.25) is 19.6 Å². The van der Waals surface area contributed by atoms with E-state index in [1.165, 1.54) is 5.19 Å². The highest BCUT2D eigenvalue weighted by atomic mass is 28.3. The summed E-state index contributed by atoms with van der Waals surface area (Å²) in [6.07, 6.45) is 0. The zero-order valence-corrected chi connectivity index (χ0v) is 11.3. The molecule has 0 spiro atoms. The van der Waals surface area contributed by atoms with Crippen LogP contribution >= 0.6 is 0 Å². The van der Waals surface area contributed by atoms with E-state index in [9.17, 15) is 4.79 Å². The van der Waals surface area contributed by atoms with Gasteiger partial charge in [-0.3, -0.25) is 4.79 Å². The van der Waals surface area contributed by atoms with Crippen molar-refractivity contribution in [3.8, 4) is 0 Å². The molecule has 1 rings (SSSR count). The van der Waals surface area contributed by atoms with E-state index in [-0.39, 0.29) is 11.7 Å². The SMILES string of the molecule is CC(C)C(=O)c1cccc([Si](C)(C)C)c1. The van der Waals surface area contributed by atoms with Gasteiger partial charge in [0.15, 0.2) is 5.78 Å². The van der Waals surface area contributed by atoms with Crippen molar-refractivity contribution in [1.82, 2.24) is 0 Å². The molecule has 0 fully saturated rings. The van der Waals surface area contributed by atoms with Crippen molar-refractivity contribution in [2.24, 2.45) is 5.92 Å². The summed E-state index contributed by atoms with van der Waals surface area (Å²) in [6, 6.07) is 8.15. The Hall–Kier alpha value is -0.893.